The van der Waals surface area contributed by atoms with Gasteiger partial charge in [-0.2, -0.15) is 0 Å². The zero-order valence-electron chi connectivity index (χ0n) is 10.7. The van der Waals surface area contributed by atoms with Crippen LogP contribution in [0.1, 0.15) is 16.8 Å². The van der Waals surface area contributed by atoms with Gasteiger partial charge in [-0.1, -0.05) is 15.9 Å². The van der Waals surface area contributed by atoms with Crippen molar-refractivity contribution in [2.45, 2.75) is 6.42 Å². The van der Waals surface area contributed by atoms with Gasteiger partial charge < -0.3 is 19.3 Å². The average Bonchev–Trinajstić information content (AvgIpc) is 2.37. The highest BCUT2D eigenvalue weighted by Gasteiger charge is 2.06. The second kappa shape index (κ2) is 8.90. The Hall–Kier alpha value is -1.11. The van der Waals surface area contributed by atoms with Gasteiger partial charge in [-0.05, 0) is 18.2 Å². The van der Waals surface area contributed by atoms with Crippen molar-refractivity contribution < 1.29 is 24.1 Å². The van der Waals surface area contributed by atoms with Crippen LogP contribution in [0.3, 0.4) is 0 Å². The van der Waals surface area contributed by atoms with Crippen LogP contribution in [0, 0.1) is 0 Å². The average molecular weight is 333 g/mol. The number of carboxylic acid groups (broad SMARTS) is 1. The first kappa shape index (κ1) is 15.9. The first-order valence-corrected chi connectivity index (χ1v) is 6.66. The molecule has 1 aromatic carbocycles. The number of methoxy groups -OCH3 is 1. The van der Waals surface area contributed by atoms with Gasteiger partial charge in [0.1, 0.15) is 5.75 Å². The standard InChI is InChI=1S/C13H17BrO5/c1-17-5-6-18-3-2-4-19-12-8-10(13(15)16)7-11(14)9-12/h7-9H,2-6H2,1H3,(H,15,16). The Balaban J connectivity index is 2.31. The van der Waals surface area contributed by atoms with Gasteiger partial charge >= 0.3 is 5.97 Å². The summed E-state index contributed by atoms with van der Waals surface area (Å²) < 4.78 is 16.3. The highest BCUT2D eigenvalue weighted by atomic mass is 79.9. The number of aromatic carboxylic acids is 1. The van der Waals surface area contributed by atoms with Crippen LogP contribution in [0.4, 0.5) is 0 Å². The van der Waals surface area contributed by atoms with Crippen molar-refractivity contribution in [1.82, 2.24) is 0 Å². The molecule has 0 atom stereocenters. The summed E-state index contributed by atoms with van der Waals surface area (Å²) in [5.41, 5.74) is 0.195. The van der Waals surface area contributed by atoms with E-state index in [-0.39, 0.29) is 5.56 Å². The maximum absolute atomic E-state index is 10.9. The van der Waals surface area contributed by atoms with E-state index in [2.05, 4.69) is 15.9 Å². The number of carbonyl (C=O) groups is 1. The van der Waals surface area contributed by atoms with E-state index in [0.29, 0.717) is 36.6 Å². The zero-order valence-corrected chi connectivity index (χ0v) is 12.3. The van der Waals surface area contributed by atoms with Crippen molar-refractivity contribution >= 4 is 21.9 Å². The van der Waals surface area contributed by atoms with E-state index in [1.54, 1.807) is 13.2 Å². The van der Waals surface area contributed by atoms with Crippen LogP contribution >= 0.6 is 15.9 Å². The molecule has 0 aliphatic carbocycles. The number of rotatable bonds is 9. The molecule has 1 rings (SSSR count). The third kappa shape index (κ3) is 6.56. The molecular weight excluding hydrogens is 316 g/mol. The van der Waals surface area contributed by atoms with Crippen molar-refractivity contribution in [3.63, 3.8) is 0 Å². The Morgan fingerprint density at radius 3 is 2.68 bits per heavy atom. The number of benzene rings is 1. The molecule has 0 aliphatic rings. The molecule has 0 radical (unpaired) electrons. The zero-order chi connectivity index (χ0) is 14.1. The molecule has 1 aromatic rings. The Morgan fingerprint density at radius 2 is 2.00 bits per heavy atom. The van der Waals surface area contributed by atoms with Crippen LogP contribution < -0.4 is 4.74 Å². The molecule has 0 spiro atoms. The SMILES string of the molecule is COCCOCCCOc1cc(Br)cc(C(=O)O)c1. The third-order valence-electron chi connectivity index (χ3n) is 2.25. The minimum atomic E-state index is -0.978. The summed E-state index contributed by atoms with van der Waals surface area (Å²) in [7, 11) is 1.62. The number of carboxylic acids is 1. The summed E-state index contributed by atoms with van der Waals surface area (Å²) in [6.07, 6.45) is 0.735. The Bertz CT molecular complexity index is 408. The molecule has 1 N–H and O–H groups in total. The van der Waals surface area contributed by atoms with Gasteiger partial charge in [0.15, 0.2) is 0 Å². The van der Waals surface area contributed by atoms with Crippen LogP contribution in [0.25, 0.3) is 0 Å². The summed E-state index contributed by atoms with van der Waals surface area (Å²) in [5.74, 6) is -0.447. The van der Waals surface area contributed by atoms with E-state index in [1.165, 1.54) is 12.1 Å². The van der Waals surface area contributed by atoms with Crippen LogP contribution in [-0.4, -0.2) is 44.6 Å². The monoisotopic (exact) mass is 332 g/mol. The lowest BCUT2D eigenvalue weighted by Gasteiger charge is -2.08. The quantitative estimate of drug-likeness (QED) is 0.704. The fraction of sp³-hybridized carbons (Fsp3) is 0.462. The predicted octanol–water partition coefficient (Wildman–Crippen LogP) is 2.58. The minimum absolute atomic E-state index is 0.195. The van der Waals surface area contributed by atoms with Crippen LogP contribution in [-0.2, 0) is 9.47 Å². The van der Waals surface area contributed by atoms with Crippen LogP contribution in [0.2, 0.25) is 0 Å². The number of halogens is 1. The lowest BCUT2D eigenvalue weighted by molar-refractivity contribution is 0.0643. The van der Waals surface area contributed by atoms with E-state index in [1.807, 2.05) is 0 Å². The van der Waals surface area contributed by atoms with Gasteiger partial charge in [-0.25, -0.2) is 4.79 Å². The molecular formula is C13H17BrO5. The lowest BCUT2D eigenvalue weighted by Crippen LogP contribution is -2.07. The van der Waals surface area contributed by atoms with Gasteiger partial charge in [-0.15, -0.1) is 0 Å². The normalized spacial score (nSPS) is 10.4. The topological polar surface area (TPSA) is 65.0 Å². The number of hydrogen-bond acceptors (Lipinski definition) is 4. The first-order valence-electron chi connectivity index (χ1n) is 5.87. The van der Waals surface area contributed by atoms with Gasteiger partial charge in [0, 0.05) is 24.6 Å². The smallest absolute Gasteiger partial charge is 0.335 e. The van der Waals surface area contributed by atoms with Crippen molar-refractivity contribution in [3.05, 3.63) is 28.2 Å². The molecule has 106 valence electrons. The molecule has 19 heavy (non-hydrogen) atoms. The van der Waals surface area contributed by atoms with Crippen LogP contribution in [0.15, 0.2) is 22.7 Å². The molecule has 6 heteroatoms. The molecule has 0 amide bonds. The predicted molar refractivity (Wildman–Crippen MR) is 73.9 cm³/mol. The van der Waals surface area contributed by atoms with Crippen LogP contribution in [0.5, 0.6) is 5.75 Å². The van der Waals surface area contributed by atoms with E-state index in [4.69, 9.17) is 19.3 Å². The Kier molecular flexibility index (Phi) is 7.47. The van der Waals surface area contributed by atoms with Crippen molar-refractivity contribution in [2.75, 3.05) is 33.5 Å². The molecule has 0 unspecified atom stereocenters. The molecule has 0 aromatic heterocycles. The van der Waals surface area contributed by atoms with E-state index >= 15 is 0 Å². The van der Waals surface area contributed by atoms with E-state index in [0.717, 1.165) is 6.42 Å². The molecule has 0 fully saturated rings. The summed E-state index contributed by atoms with van der Waals surface area (Å²) >= 11 is 3.25. The van der Waals surface area contributed by atoms with Gasteiger partial charge in [0.2, 0.25) is 0 Å². The highest BCUT2D eigenvalue weighted by Crippen LogP contribution is 2.21. The largest absolute Gasteiger partial charge is 0.493 e. The molecule has 0 saturated carbocycles. The van der Waals surface area contributed by atoms with Crippen molar-refractivity contribution in [2.24, 2.45) is 0 Å². The second-order valence-corrected chi connectivity index (χ2v) is 4.70. The van der Waals surface area contributed by atoms with Gasteiger partial charge in [0.05, 0.1) is 25.4 Å². The number of hydrogen-bond donors (Lipinski definition) is 1. The minimum Gasteiger partial charge on any atom is -0.493 e. The Labute approximate surface area is 120 Å². The fourth-order valence-corrected chi connectivity index (χ4v) is 1.84. The molecule has 0 aliphatic heterocycles. The molecule has 5 nitrogen and oxygen atoms in total. The van der Waals surface area contributed by atoms with Crippen molar-refractivity contribution in [3.8, 4) is 5.75 Å². The molecule has 0 heterocycles. The Morgan fingerprint density at radius 1 is 1.21 bits per heavy atom. The first-order chi connectivity index (χ1) is 9.13. The molecule has 0 bridgehead atoms. The maximum atomic E-state index is 10.9. The van der Waals surface area contributed by atoms with Gasteiger partial charge in [0.25, 0.3) is 0 Å². The highest BCUT2D eigenvalue weighted by molar-refractivity contribution is 9.10. The summed E-state index contributed by atoms with van der Waals surface area (Å²) in [6, 6.07) is 4.76. The molecule has 0 saturated heterocycles. The second-order valence-electron chi connectivity index (χ2n) is 3.79. The maximum Gasteiger partial charge on any atom is 0.335 e. The van der Waals surface area contributed by atoms with Crippen molar-refractivity contribution in [1.29, 1.82) is 0 Å². The summed E-state index contributed by atoms with van der Waals surface area (Å²) in [6.45, 7) is 2.21. The lowest BCUT2D eigenvalue weighted by atomic mass is 10.2. The van der Waals surface area contributed by atoms with Gasteiger partial charge in [-0.3, -0.25) is 0 Å². The third-order valence-corrected chi connectivity index (χ3v) is 2.71. The fourth-order valence-electron chi connectivity index (χ4n) is 1.36. The summed E-state index contributed by atoms with van der Waals surface area (Å²) in [4.78, 5) is 10.9. The summed E-state index contributed by atoms with van der Waals surface area (Å²) in [5, 5.41) is 8.92. The van der Waals surface area contributed by atoms with E-state index < -0.39 is 5.97 Å². The van der Waals surface area contributed by atoms with E-state index in [9.17, 15) is 4.79 Å². The number of ether oxygens (including phenoxy) is 3.